The van der Waals surface area contributed by atoms with Crippen LogP contribution in [0.2, 0.25) is 0 Å². The lowest BCUT2D eigenvalue weighted by Crippen LogP contribution is -2.30. The minimum Gasteiger partial charge on any atom is -0.466 e. The monoisotopic (exact) mass is 299 g/mol. The fraction of sp³-hybridized carbons (Fsp3) is 0.100. The second kappa shape index (κ2) is 4.96. The van der Waals surface area contributed by atoms with Gasteiger partial charge in [0.1, 0.15) is 18.2 Å². The number of rotatable bonds is 1. The number of furan rings is 1. The summed E-state index contributed by atoms with van der Waals surface area (Å²) in [5.41, 5.74) is 5.40. The molecule has 110 valence electrons. The Hall–Kier alpha value is -3.12. The molecule has 2 aromatic heterocycles. The first-order chi connectivity index (χ1) is 11.2. The molecule has 0 spiro atoms. The summed E-state index contributed by atoms with van der Waals surface area (Å²) in [7, 11) is 2.03. The van der Waals surface area contributed by atoms with E-state index in [9.17, 15) is 0 Å². The van der Waals surface area contributed by atoms with Crippen LogP contribution in [0.4, 0.5) is 5.69 Å². The summed E-state index contributed by atoms with van der Waals surface area (Å²) in [5, 5.41) is 2.04. The van der Waals surface area contributed by atoms with Gasteiger partial charge in [-0.25, -0.2) is 9.41 Å². The predicted molar refractivity (Wildman–Crippen MR) is 91.3 cm³/mol. The van der Waals surface area contributed by atoms with Crippen LogP contribution in [-0.4, -0.2) is 0 Å². The van der Waals surface area contributed by atoms with E-state index in [4.69, 9.17) is 11.0 Å². The Bertz CT molecular complexity index is 1100. The summed E-state index contributed by atoms with van der Waals surface area (Å²) in [6.45, 7) is 9.44. The van der Waals surface area contributed by atoms with E-state index in [0.29, 0.717) is 11.3 Å². The number of hydrogen-bond acceptors (Lipinski definition) is 1. The highest BCUT2D eigenvalue weighted by atomic mass is 16.3. The second-order valence-corrected chi connectivity index (χ2v) is 5.70. The summed E-state index contributed by atoms with van der Waals surface area (Å²) in [4.78, 5) is 3.59. The molecule has 4 aromatic rings. The molecule has 0 radical (unpaired) electrons. The molecule has 0 aliphatic rings. The van der Waals surface area contributed by atoms with Crippen LogP contribution in [-0.2, 0) is 7.05 Å². The Labute approximate surface area is 134 Å². The van der Waals surface area contributed by atoms with Crippen molar-refractivity contribution in [3.8, 4) is 11.3 Å². The number of fused-ring (bicyclic) bond motifs is 3. The molecule has 2 aromatic carbocycles. The van der Waals surface area contributed by atoms with E-state index in [1.165, 1.54) is 0 Å². The van der Waals surface area contributed by atoms with Crippen LogP contribution in [0.5, 0.6) is 0 Å². The molecule has 4 rings (SSSR count). The molecule has 0 saturated heterocycles. The minimum atomic E-state index is 0.555. The van der Waals surface area contributed by atoms with Gasteiger partial charge in [0, 0.05) is 22.9 Å². The number of nitrogens with zero attached hydrogens (tertiary/aromatic N) is 2. The van der Waals surface area contributed by atoms with Gasteiger partial charge < -0.3 is 4.42 Å². The van der Waals surface area contributed by atoms with Gasteiger partial charge in [0.05, 0.1) is 12.1 Å². The number of hydrogen-bond donors (Lipinski definition) is 0. The average Bonchev–Trinajstić information content (AvgIpc) is 2.94. The van der Waals surface area contributed by atoms with Crippen molar-refractivity contribution in [2.45, 2.75) is 6.92 Å². The normalized spacial score (nSPS) is 11.0. The van der Waals surface area contributed by atoms with E-state index < -0.39 is 0 Å². The Morgan fingerprint density at radius 3 is 2.57 bits per heavy atom. The van der Waals surface area contributed by atoms with Crippen LogP contribution in [0.25, 0.3) is 38.0 Å². The second-order valence-electron chi connectivity index (χ2n) is 5.70. The van der Waals surface area contributed by atoms with Crippen LogP contribution in [0.3, 0.4) is 0 Å². The summed E-state index contributed by atoms with van der Waals surface area (Å²) < 4.78 is 8.26. The average molecular weight is 299 g/mol. The van der Waals surface area contributed by atoms with Gasteiger partial charge in [0.15, 0.2) is 6.20 Å². The van der Waals surface area contributed by atoms with Crippen molar-refractivity contribution >= 4 is 27.6 Å². The fourth-order valence-corrected chi connectivity index (χ4v) is 3.13. The summed E-state index contributed by atoms with van der Waals surface area (Å²) >= 11 is 0. The zero-order valence-electron chi connectivity index (χ0n) is 13.0. The molecule has 0 fully saturated rings. The Morgan fingerprint density at radius 1 is 0.957 bits per heavy atom. The number of aromatic nitrogens is 1. The third-order valence-corrected chi connectivity index (χ3v) is 4.29. The highest BCUT2D eigenvalue weighted by Crippen LogP contribution is 2.39. The van der Waals surface area contributed by atoms with Crippen molar-refractivity contribution in [3.05, 3.63) is 71.7 Å². The van der Waals surface area contributed by atoms with Crippen molar-refractivity contribution in [3.63, 3.8) is 0 Å². The standard InChI is InChI=1S/C20H15N2O/c1-13-10-11-15-14-7-6-8-16(21-2)19(14)23-20(15)18(13)17-9-4-5-12-22(17)3/h4-12H,1,3H3/q+1. The van der Waals surface area contributed by atoms with Crippen molar-refractivity contribution < 1.29 is 8.98 Å². The lowest BCUT2D eigenvalue weighted by molar-refractivity contribution is -0.660. The van der Waals surface area contributed by atoms with E-state index in [1.54, 1.807) is 6.07 Å². The van der Waals surface area contributed by atoms with Gasteiger partial charge in [0.25, 0.3) is 0 Å². The van der Waals surface area contributed by atoms with Crippen LogP contribution >= 0.6 is 0 Å². The van der Waals surface area contributed by atoms with Gasteiger partial charge >= 0.3 is 0 Å². The highest BCUT2D eigenvalue weighted by Gasteiger charge is 2.20. The summed E-state index contributed by atoms with van der Waals surface area (Å²) in [6.07, 6.45) is 2.03. The molecule has 3 nitrogen and oxygen atoms in total. The zero-order chi connectivity index (χ0) is 16.0. The first kappa shape index (κ1) is 13.5. The number of para-hydroxylation sites is 1. The van der Waals surface area contributed by atoms with Crippen LogP contribution < -0.4 is 4.57 Å². The molecule has 0 unspecified atom stereocenters. The van der Waals surface area contributed by atoms with E-state index in [-0.39, 0.29) is 0 Å². The molecular weight excluding hydrogens is 284 g/mol. The lowest BCUT2D eigenvalue weighted by atomic mass is 10.0. The number of pyridine rings is 1. The molecule has 0 bridgehead atoms. The topological polar surface area (TPSA) is 21.4 Å². The van der Waals surface area contributed by atoms with Crippen molar-refractivity contribution in [1.82, 2.24) is 0 Å². The first-order valence-electron chi connectivity index (χ1n) is 7.48. The van der Waals surface area contributed by atoms with Crippen molar-refractivity contribution in [2.75, 3.05) is 0 Å². The zero-order valence-corrected chi connectivity index (χ0v) is 13.0. The van der Waals surface area contributed by atoms with Crippen LogP contribution in [0.1, 0.15) is 5.56 Å². The molecule has 0 aliphatic carbocycles. The smallest absolute Gasteiger partial charge is 0.229 e. The third kappa shape index (κ3) is 1.92. The quantitative estimate of drug-likeness (QED) is 0.360. The summed E-state index contributed by atoms with van der Waals surface area (Å²) in [5.74, 6) is 0. The van der Waals surface area contributed by atoms with Gasteiger partial charge in [-0.15, -0.1) is 0 Å². The Balaban J connectivity index is 2.19. The van der Waals surface area contributed by atoms with Gasteiger partial charge in [-0.3, -0.25) is 0 Å². The highest BCUT2D eigenvalue weighted by molar-refractivity contribution is 6.12. The maximum absolute atomic E-state index is 7.35. The maximum atomic E-state index is 7.35. The summed E-state index contributed by atoms with van der Waals surface area (Å²) in [6, 6.07) is 16.0. The molecule has 0 N–H and O–H groups in total. The SMILES string of the molecule is [C-]#[N+]c1cccc2c1oc1c(-c3cccc[n+]3C)c(C)ccc12. The van der Waals surface area contributed by atoms with Gasteiger partial charge in [-0.2, -0.15) is 0 Å². The minimum absolute atomic E-state index is 0.555. The fourth-order valence-electron chi connectivity index (χ4n) is 3.13. The Morgan fingerprint density at radius 2 is 1.78 bits per heavy atom. The van der Waals surface area contributed by atoms with E-state index in [1.807, 2.05) is 37.5 Å². The first-order valence-corrected chi connectivity index (χ1v) is 7.48. The van der Waals surface area contributed by atoms with Gasteiger partial charge in [-0.05, 0) is 18.6 Å². The predicted octanol–water partition coefficient (Wildman–Crippen LogP) is 4.94. The maximum Gasteiger partial charge on any atom is 0.229 e. The van der Waals surface area contributed by atoms with Crippen molar-refractivity contribution in [2.24, 2.45) is 7.05 Å². The number of benzene rings is 2. The third-order valence-electron chi connectivity index (χ3n) is 4.29. The van der Waals surface area contributed by atoms with Crippen LogP contribution in [0.15, 0.2) is 59.1 Å². The molecule has 0 atom stereocenters. The van der Waals surface area contributed by atoms with Gasteiger partial charge in [-0.1, -0.05) is 30.3 Å². The largest absolute Gasteiger partial charge is 0.466 e. The Kier molecular flexibility index (Phi) is 2.92. The molecule has 0 amide bonds. The molecule has 2 heterocycles. The van der Waals surface area contributed by atoms with Gasteiger partial charge in [0.2, 0.25) is 11.4 Å². The molecule has 0 aliphatic heterocycles. The van der Waals surface area contributed by atoms with E-state index >= 15 is 0 Å². The molecule has 3 heteroatoms. The lowest BCUT2D eigenvalue weighted by Gasteiger charge is -2.05. The molecule has 23 heavy (non-hydrogen) atoms. The molecule has 0 saturated carbocycles. The number of aryl methyl sites for hydroxylation is 2. The van der Waals surface area contributed by atoms with E-state index in [0.717, 1.165) is 33.2 Å². The van der Waals surface area contributed by atoms with E-state index in [2.05, 4.69) is 34.5 Å². The van der Waals surface area contributed by atoms with Crippen molar-refractivity contribution in [1.29, 1.82) is 0 Å². The molecular formula is C20H15N2O+. The van der Waals surface area contributed by atoms with Crippen LogP contribution in [0, 0.1) is 13.5 Å².